The molecular formula is C10H9BrN2O. The molecule has 0 bridgehead atoms. The summed E-state index contributed by atoms with van der Waals surface area (Å²) in [4.78, 5) is 18.2. The third-order valence-corrected chi connectivity index (χ3v) is 2.66. The van der Waals surface area contributed by atoms with E-state index in [2.05, 4.69) is 25.9 Å². The molecule has 72 valence electrons. The highest BCUT2D eigenvalue weighted by molar-refractivity contribution is 9.10. The smallest absolute Gasteiger partial charge is 0.135 e. The Kier molecular flexibility index (Phi) is 2.37. The number of carbonyl (C=O) groups excluding carboxylic acids is 1. The van der Waals surface area contributed by atoms with Gasteiger partial charge in [-0.25, -0.2) is 0 Å². The summed E-state index contributed by atoms with van der Waals surface area (Å²) >= 11 is 3.42. The van der Waals surface area contributed by atoms with Gasteiger partial charge in [0, 0.05) is 28.2 Å². The lowest BCUT2D eigenvalue weighted by atomic mass is 10.2. The van der Waals surface area contributed by atoms with Crippen molar-refractivity contribution in [1.82, 2.24) is 9.97 Å². The van der Waals surface area contributed by atoms with E-state index in [0.29, 0.717) is 6.42 Å². The molecule has 0 saturated carbocycles. The number of nitrogens with one attached hydrogen (secondary N) is 1. The molecule has 2 aromatic rings. The standard InChI is InChI=1S/C10H9BrN2O/c1-6(14)2-7-3-8-9(11)4-13-10(8)5-12-7/h3-5,13H,2H2,1H3. The highest BCUT2D eigenvalue weighted by atomic mass is 79.9. The van der Waals surface area contributed by atoms with Crippen molar-refractivity contribution in [3.8, 4) is 0 Å². The van der Waals surface area contributed by atoms with E-state index in [1.807, 2.05) is 12.3 Å². The van der Waals surface area contributed by atoms with Crippen LogP contribution in [0, 0.1) is 0 Å². The van der Waals surface area contributed by atoms with Gasteiger partial charge in [-0.2, -0.15) is 0 Å². The SMILES string of the molecule is CC(=O)Cc1cc2c(Br)c[nH]c2cn1. The number of halogens is 1. The molecule has 2 heterocycles. The van der Waals surface area contributed by atoms with Gasteiger partial charge in [0.25, 0.3) is 0 Å². The molecule has 0 fully saturated rings. The highest BCUT2D eigenvalue weighted by Crippen LogP contribution is 2.23. The van der Waals surface area contributed by atoms with E-state index in [1.54, 1.807) is 13.1 Å². The van der Waals surface area contributed by atoms with Crippen molar-refractivity contribution in [3.63, 3.8) is 0 Å². The summed E-state index contributed by atoms with van der Waals surface area (Å²) in [5.74, 6) is 0.128. The first-order chi connectivity index (χ1) is 6.66. The molecule has 4 heteroatoms. The molecule has 2 rings (SSSR count). The Balaban J connectivity index is 2.49. The van der Waals surface area contributed by atoms with Gasteiger partial charge < -0.3 is 4.98 Å². The second kappa shape index (κ2) is 3.53. The average molecular weight is 253 g/mol. The quantitative estimate of drug-likeness (QED) is 0.893. The molecule has 14 heavy (non-hydrogen) atoms. The number of pyridine rings is 1. The lowest BCUT2D eigenvalue weighted by Gasteiger charge is -1.97. The monoisotopic (exact) mass is 252 g/mol. The topological polar surface area (TPSA) is 45.8 Å². The van der Waals surface area contributed by atoms with E-state index in [0.717, 1.165) is 21.1 Å². The molecule has 0 spiro atoms. The van der Waals surface area contributed by atoms with E-state index in [9.17, 15) is 4.79 Å². The molecule has 3 nitrogen and oxygen atoms in total. The Morgan fingerprint density at radius 3 is 3.14 bits per heavy atom. The van der Waals surface area contributed by atoms with Crippen LogP contribution in [0.1, 0.15) is 12.6 Å². The number of H-pyrrole nitrogens is 1. The molecule has 1 N–H and O–H groups in total. The second-order valence-electron chi connectivity index (χ2n) is 3.24. The number of hydrogen-bond donors (Lipinski definition) is 1. The number of aromatic nitrogens is 2. The van der Waals surface area contributed by atoms with Crippen molar-refractivity contribution >= 4 is 32.6 Å². The third-order valence-electron chi connectivity index (χ3n) is 2.00. The summed E-state index contributed by atoms with van der Waals surface area (Å²) in [5.41, 5.74) is 1.79. The highest BCUT2D eigenvalue weighted by Gasteiger charge is 2.04. The number of ketones is 1. The number of hydrogen-bond acceptors (Lipinski definition) is 2. The minimum atomic E-state index is 0.128. The zero-order chi connectivity index (χ0) is 10.1. The van der Waals surface area contributed by atoms with Gasteiger partial charge in [-0.05, 0) is 28.9 Å². The molecule has 0 aliphatic rings. The van der Waals surface area contributed by atoms with Crippen molar-refractivity contribution in [2.75, 3.05) is 0 Å². The van der Waals surface area contributed by atoms with Crippen molar-refractivity contribution in [2.45, 2.75) is 13.3 Å². The summed E-state index contributed by atoms with van der Waals surface area (Å²) in [6.07, 6.45) is 4.01. The van der Waals surface area contributed by atoms with Crippen LogP contribution in [0.4, 0.5) is 0 Å². The predicted molar refractivity (Wildman–Crippen MR) is 58.2 cm³/mol. The average Bonchev–Trinajstić information content (AvgIpc) is 2.47. The predicted octanol–water partition coefficient (Wildman–Crippen LogP) is 2.46. The Labute approximate surface area is 89.7 Å². The van der Waals surface area contributed by atoms with Crippen LogP contribution >= 0.6 is 15.9 Å². The zero-order valence-electron chi connectivity index (χ0n) is 7.67. The van der Waals surface area contributed by atoms with Gasteiger partial charge in [0.2, 0.25) is 0 Å². The Morgan fingerprint density at radius 1 is 1.64 bits per heavy atom. The van der Waals surface area contributed by atoms with Gasteiger partial charge in [-0.15, -0.1) is 0 Å². The first-order valence-corrected chi connectivity index (χ1v) is 5.07. The number of carbonyl (C=O) groups is 1. The Hall–Kier alpha value is -1.16. The summed E-state index contributed by atoms with van der Waals surface area (Å²) in [6.45, 7) is 1.57. The van der Waals surface area contributed by atoms with Gasteiger partial charge in [0.1, 0.15) is 5.78 Å². The summed E-state index contributed by atoms with van der Waals surface area (Å²) in [6, 6.07) is 1.93. The molecule has 0 aromatic carbocycles. The van der Waals surface area contributed by atoms with Gasteiger partial charge in [0.15, 0.2) is 0 Å². The fourth-order valence-electron chi connectivity index (χ4n) is 1.38. The van der Waals surface area contributed by atoms with E-state index >= 15 is 0 Å². The van der Waals surface area contributed by atoms with E-state index < -0.39 is 0 Å². The minimum absolute atomic E-state index is 0.128. The van der Waals surface area contributed by atoms with Gasteiger partial charge >= 0.3 is 0 Å². The third kappa shape index (κ3) is 1.70. The number of fused-ring (bicyclic) bond motifs is 1. The van der Waals surface area contributed by atoms with E-state index in [1.165, 1.54) is 0 Å². The molecule has 0 aliphatic heterocycles. The number of aromatic amines is 1. The van der Waals surface area contributed by atoms with E-state index in [4.69, 9.17) is 0 Å². The van der Waals surface area contributed by atoms with Gasteiger partial charge in [0.05, 0.1) is 11.7 Å². The summed E-state index contributed by atoms with van der Waals surface area (Å²) in [7, 11) is 0. The van der Waals surface area contributed by atoms with Crippen LogP contribution in [0.25, 0.3) is 10.9 Å². The fraction of sp³-hybridized carbons (Fsp3) is 0.200. The maximum absolute atomic E-state index is 10.9. The molecule has 0 unspecified atom stereocenters. The normalized spacial score (nSPS) is 10.7. The van der Waals surface area contributed by atoms with Crippen LogP contribution < -0.4 is 0 Å². The molecule has 0 aliphatic carbocycles. The molecule has 0 saturated heterocycles. The molecular weight excluding hydrogens is 244 g/mol. The fourth-order valence-corrected chi connectivity index (χ4v) is 1.82. The van der Waals surface area contributed by atoms with Gasteiger partial charge in [-0.3, -0.25) is 9.78 Å². The molecule has 0 atom stereocenters. The van der Waals surface area contributed by atoms with Crippen LogP contribution in [-0.2, 0) is 11.2 Å². The minimum Gasteiger partial charge on any atom is -0.359 e. The van der Waals surface area contributed by atoms with Crippen LogP contribution in [0.15, 0.2) is 22.9 Å². The Morgan fingerprint density at radius 2 is 2.43 bits per heavy atom. The Bertz CT molecular complexity index is 490. The summed E-state index contributed by atoms with van der Waals surface area (Å²) < 4.78 is 1.000. The maximum atomic E-state index is 10.9. The maximum Gasteiger partial charge on any atom is 0.135 e. The first-order valence-electron chi connectivity index (χ1n) is 4.28. The van der Waals surface area contributed by atoms with Crippen molar-refractivity contribution in [2.24, 2.45) is 0 Å². The van der Waals surface area contributed by atoms with Crippen molar-refractivity contribution in [3.05, 3.63) is 28.6 Å². The van der Waals surface area contributed by atoms with Crippen LogP contribution in [0.5, 0.6) is 0 Å². The first kappa shape index (κ1) is 9.40. The molecule has 0 radical (unpaired) electrons. The van der Waals surface area contributed by atoms with E-state index in [-0.39, 0.29) is 5.78 Å². The molecule has 0 amide bonds. The largest absolute Gasteiger partial charge is 0.359 e. The lowest BCUT2D eigenvalue weighted by Crippen LogP contribution is -1.98. The van der Waals surface area contributed by atoms with Crippen molar-refractivity contribution < 1.29 is 4.79 Å². The number of Topliss-reactive ketones (excluding diaryl/α,β-unsaturated/α-hetero) is 1. The van der Waals surface area contributed by atoms with Gasteiger partial charge in [-0.1, -0.05) is 0 Å². The number of rotatable bonds is 2. The zero-order valence-corrected chi connectivity index (χ0v) is 9.26. The van der Waals surface area contributed by atoms with Crippen LogP contribution in [-0.4, -0.2) is 15.8 Å². The second-order valence-corrected chi connectivity index (χ2v) is 4.09. The summed E-state index contributed by atoms with van der Waals surface area (Å²) in [5, 5.41) is 1.07. The number of nitrogens with zero attached hydrogens (tertiary/aromatic N) is 1. The van der Waals surface area contributed by atoms with Crippen molar-refractivity contribution in [1.29, 1.82) is 0 Å². The van der Waals surface area contributed by atoms with Crippen LogP contribution in [0.2, 0.25) is 0 Å². The molecule has 2 aromatic heterocycles. The lowest BCUT2D eigenvalue weighted by molar-refractivity contribution is -0.116. The van der Waals surface area contributed by atoms with Crippen LogP contribution in [0.3, 0.4) is 0 Å².